The van der Waals surface area contributed by atoms with E-state index < -0.39 is 11.8 Å². The molecule has 0 aliphatic carbocycles. The lowest BCUT2D eigenvalue weighted by molar-refractivity contribution is -0.832. The first-order chi connectivity index (χ1) is 11.0. The van der Waals surface area contributed by atoms with Crippen LogP contribution in [0.1, 0.15) is 12.8 Å². The Labute approximate surface area is 143 Å². The molecule has 0 saturated carbocycles. The molecule has 7 heteroatoms. The molecule has 0 rings (SSSR count). The maximum atomic E-state index is 11.9. The van der Waals surface area contributed by atoms with Crippen molar-refractivity contribution in [1.82, 2.24) is 10.6 Å². The predicted molar refractivity (Wildman–Crippen MR) is 94.2 cm³/mol. The lowest BCUT2D eigenvalue weighted by Crippen LogP contribution is -2.35. The van der Waals surface area contributed by atoms with E-state index in [-0.39, 0.29) is 12.3 Å². The minimum absolute atomic E-state index is 0.245. The number of amides is 3. The maximum absolute atomic E-state index is 11.9. The van der Waals surface area contributed by atoms with Crippen molar-refractivity contribution in [1.29, 1.82) is 0 Å². The summed E-state index contributed by atoms with van der Waals surface area (Å²) in [6.07, 6.45) is 5.87. The summed E-state index contributed by atoms with van der Waals surface area (Å²) >= 11 is 0. The van der Waals surface area contributed by atoms with Crippen LogP contribution in [0.5, 0.6) is 0 Å². The average molecular weight is 335 g/mol. The zero-order valence-electron chi connectivity index (χ0n) is 14.6. The highest BCUT2D eigenvalue weighted by Crippen LogP contribution is 2.08. The highest BCUT2D eigenvalue weighted by molar-refractivity contribution is 5.93. The van der Waals surface area contributed by atoms with Crippen molar-refractivity contribution in [3.8, 4) is 0 Å². The Hall–Kier alpha value is -2.67. The van der Waals surface area contributed by atoms with Crippen molar-refractivity contribution in [2.75, 3.05) is 27.7 Å². The van der Waals surface area contributed by atoms with Crippen LogP contribution in [0.2, 0.25) is 0 Å². The normalized spacial score (nSPS) is 11.5. The summed E-state index contributed by atoms with van der Waals surface area (Å²) in [4.78, 5) is 33.7. The van der Waals surface area contributed by atoms with Gasteiger partial charge in [-0.2, -0.15) is 0 Å². The molecule has 24 heavy (non-hydrogen) atoms. The van der Waals surface area contributed by atoms with Gasteiger partial charge in [0.2, 0.25) is 17.7 Å². The second-order valence-corrected chi connectivity index (χ2v) is 6.04. The summed E-state index contributed by atoms with van der Waals surface area (Å²) in [7, 11) is 6.03. The van der Waals surface area contributed by atoms with Crippen LogP contribution < -0.4 is 16.4 Å². The first-order valence-corrected chi connectivity index (χ1v) is 7.43. The van der Waals surface area contributed by atoms with Crippen LogP contribution in [0.15, 0.2) is 48.9 Å². The van der Waals surface area contributed by atoms with Crippen molar-refractivity contribution in [2.45, 2.75) is 12.8 Å². The van der Waals surface area contributed by atoms with E-state index in [2.05, 4.69) is 23.8 Å². The molecule has 4 N–H and O–H groups in total. The standard InChI is InChI=1S/C17H26N4O3/c1-13(7-6-8-16(23)19-12-10-15(18)22)17(24)20-11-9-14(2)21(3,4)5/h6,8,10,12H,1-2,7,9,11H2,3-5H3,(H3-,18,19,20,22,23,24)/p+1. The van der Waals surface area contributed by atoms with Gasteiger partial charge in [-0.1, -0.05) is 12.7 Å². The molecule has 0 aromatic carbocycles. The van der Waals surface area contributed by atoms with Gasteiger partial charge in [0.25, 0.3) is 0 Å². The van der Waals surface area contributed by atoms with Gasteiger partial charge in [0.1, 0.15) is 5.70 Å². The molecule has 7 nitrogen and oxygen atoms in total. The number of hydrogen-bond acceptors (Lipinski definition) is 3. The van der Waals surface area contributed by atoms with E-state index in [1.54, 1.807) is 0 Å². The number of nitrogens with two attached hydrogens (primary N) is 1. The van der Waals surface area contributed by atoms with Gasteiger partial charge < -0.3 is 20.9 Å². The lowest BCUT2D eigenvalue weighted by atomic mass is 10.2. The topological polar surface area (TPSA) is 101 Å². The molecule has 0 aliphatic heterocycles. The van der Waals surface area contributed by atoms with Crippen LogP contribution in [-0.2, 0) is 14.4 Å². The zero-order chi connectivity index (χ0) is 18.8. The Morgan fingerprint density at radius 1 is 1.12 bits per heavy atom. The average Bonchev–Trinajstić information content (AvgIpc) is 2.45. The van der Waals surface area contributed by atoms with Crippen LogP contribution >= 0.6 is 0 Å². The summed E-state index contributed by atoms with van der Waals surface area (Å²) < 4.78 is 0.638. The molecule has 132 valence electrons. The molecule has 0 aromatic rings. The van der Waals surface area contributed by atoms with Gasteiger partial charge in [0, 0.05) is 30.8 Å². The van der Waals surface area contributed by atoms with Gasteiger partial charge in [-0.25, -0.2) is 0 Å². The minimum atomic E-state index is -0.655. The van der Waals surface area contributed by atoms with E-state index in [0.29, 0.717) is 23.0 Å². The number of hydrogen-bond donors (Lipinski definition) is 3. The van der Waals surface area contributed by atoms with Crippen LogP contribution in [0.3, 0.4) is 0 Å². The van der Waals surface area contributed by atoms with Gasteiger partial charge in [0.05, 0.1) is 21.1 Å². The van der Waals surface area contributed by atoms with Gasteiger partial charge >= 0.3 is 0 Å². The second-order valence-electron chi connectivity index (χ2n) is 6.04. The molecular weight excluding hydrogens is 308 g/mol. The Morgan fingerprint density at radius 2 is 1.75 bits per heavy atom. The lowest BCUT2D eigenvalue weighted by Gasteiger charge is -2.25. The Balaban J connectivity index is 4.12. The molecule has 0 heterocycles. The van der Waals surface area contributed by atoms with E-state index in [9.17, 15) is 14.4 Å². The number of primary amides is 1. The fourth-order valence-corrected chi connectivity index (χ4v) is 1.44. The molecule has 0 unspecified atom stereocenters. The van der Waals surface area contributed by atoms with Gasteiger partial charge in [0.15, 0.2) is 0 Å². The van der Waals surface area contributed by atoms with Crippen LogP contribution in [0.25, 0.3) is 0 Å². The highest BCUT2D eigenvalue weighted by Gasteiger charge is 2.13. The molecule has 0 bridgehead atoms. The third-order valence-corrected chi connectivity index (χ3v) is 3.08. The van der Waals surface area contributed by atoms with Crippen LogP contribution in [0.4, 0.5) is 0 Å². The Bertz CT molecular complexity index is 569. The molecule has 0 fully saturated rings. The highest BCUT2D eigenvalue weighted by atomic mass is 16.2. The van der Waals surface area contributed by atoms with Crippen molar-refractivity contribution in [2.24, 2.45) is 5.73 Å². The summed E-state index contributed by atoms with van der Waals surface area (Å²) in [5.74, 6) is -1.35. The van der Waals surface area contributed by atoms with Crippen LogP contribution in [0, 0.1) is 0 Å². The van der Waals surface area contributed by atoms with E-state index in [1.807, 2.05) is 21.1 Å². The van der Waals surface area contributed by atoms with Gasteiger partial charge in [-0.05, 0) is 19.1 Å². The number of nitrogens with one attached hydrogen (secondary N) is 2. The van der Waals surface area contributed by atoms with Crippen LogP contribution in [-0.4, -0.2) is 49.9 Å². The second kappa shape index (κ2) is 10.2. The van der Waals surface area contributed by atoms with Crippen molar-refractivity contribution < 1.29 is 18.9 Å². The van der Waals surface area contributed by atoms with E-state index in [4.69, 9.17) is 5.73 Å². The molecule has 0 aliphatic rings. The van der Waals surface area contributed by atoms with E-state index in [1.165, 1.54) is 12.2 Å². The fraction of sp³-hybridized carbons (Fsp3) is 0.353. The number of quaternary nitrogens is 1. The number of rotatable bonds is 10. The predicted octanol–water partition coefficient (Wildman–Crippen LogP) is 0.330. The largest absolute Gasteiger partial charge is 0.366 e. The first-order valence-electron chi connectivity index (χ1n) is 7.43. The van der Waals surface area contributed by atoms with Crippen molar-refractivity contribution >= 4 is 17.7 Å². The fourth-order valence-electron chi connectivity index (χ4n) is 1.44. The Kier molecular flexibility index (Phi) is 9.04. The maximum Gasteiger partial charge on any atom is 0.247 e. The SMILES string of the molecule is C=C(CC=CC(=O)NC=CC(N)=O)C(=O)NCCC(=C)[N+](C)(C)C. The molecule has 0 spiro atoms. The summed E-state index contributed by atoms with van der Waals surface area (Å²) in [5.41, 5.74) is 6.23. The van der Waals surface area contributed by atoms with E-state index in [0.717, 1.165) is 18.0 Å². The molecule has 0 atom stereocenters. The van der Waals surface area contributed by atoms with E-state index >= 15 is 0 Å². The molecule has 0 saturated heterocycles. The third-order valence-electron chi connectivity index (χ3n) is 3.08. The minimum Gasteiger partial charge on any atom is -0.366 e. The number of allylic oxidation sites excluding steroid dienone is 1. The molecule has 0 radical (unpaired) electrons. The monoisotopic (exact) mass is 335 g/mol. The van der Waals surface area contributed by atoms with Crippen molar-refractivity contribution in [3.05, 3.63) is 48.9 Å². The molecule has 3 amide bonds. The molecular formula is C17H27N4O3+. The molecule has 0 aromatic heterocycles. The smallest absolute Gasteiger partial charge is 0.247 e. The quantitative estimate of drug-likeness (QED) is 0.396. The summed E-state index contributed by atoms with van der Waals surface area (Å²) in [6.45, 7) is 8.15. The number of carbonyl (C=O) groups is 3. The Morgan fingerprint density at radius 3 is 2.29 bits per heavy atom. The number of carbonyl (C=O) groups excluding carboxylic acids is 3. The summed E-state index contributed by atoms with van der Waals surface area (Å²) in [5, 5.41) is 5.09. The zero-order valence-corrected chi connectivity index (χ0v) is 14.6. The first kappa shape index (κ1) is 21.3. The third kappa shape index (κ3) is 10.1. The van der Waals surface area contributed by atoms with Crippen molar-refractivity contribution in [3.63, 3.8) is 0 Å². The van der Waals surface area contributed by atoms with Gasteiger partial charge in [-0.3, -0.25) is 14.4 Å². The summed E-state index contributed by atoms with van der Waals surface area (Å²) in [6, 6.07) is 0. The van der Waals surface area contributed by atoms with Gasteiger partial charge in [-0.15, -0.1) is 0 Å². The number of nitrogens with zero attached hydrogens (tertiary/aromatic N) is 1.